The van der Waals surface area contributed by atoms with Crippen LogP contribution in [0.5, 0.6) is 0 Å². The molecule has 0 aliphatic carbocycles. The minimum absolute atomic E-state index is 1.31. The van der Waals surface area contributed by atoms with Crippen LogP contribution in [-0.4, -0.2) is 16.6 Å². The van der Waals surface area contributed by atoms with Gasteiger partial charge in [0, 0.05) is 0 Å². The Labute approximate surface area is 150 Å². The molecule has 1 nitrogen and oxygen atoms in total. The molecule has 0 aromatic heterocycles. The quantitative estimate of drug-likeness (QED) is 0.200. The molecule has 140 valence electrons. The second kappa shape index (κ2) is 13.7. The van der Waals surface area contributed by atoms with Crippen molar-refractivity contribution >= 4 is 16.6 Å². The van der Waals surface area contributed by atoms with E-state index < -0.39 is 16.6 Å². The van der Waals surface area contributed by atoms with E-state index >= 15 is 0 Å². The summed E-state index contributed by atoms with van der Waals surface area (Å²) >= 11 is 0. The molecular formula is C20H46OSi2. The van der Waals surface area contributed by atoms with Crippen molar-refractivity contribution in [2.24, 2.45) is 0 Å². The van der Waals surface area contributed by atoms with Crippen molar-refractivity contribution in [2.75, 3.05) is 0 Å². The highest BCUT2D eigenvalue weighted by Gasteiger charge is 2.31. The molecule has 0 aliphatic rings. The zero-order valence-electron chi connectivity index (χ0n) is 17.3. The molecule has 0 N–H and O–H groups in total. The van der Waals surface area contributed by atoms with Crippen molar-refractivity contribution in [1.82, 2.24) is 0 Å². The summed E-state index contributed by atoms with van der Waals surface area (Å²) in [6.07, 6.45) is 17.0. The molecule has 0 fully saturated rings. The van der Waals surface area contributed by atoms with Gasteiger partial charge in [0.05, 0.1) is 0 Å². The largest absolute Gasteiger partial charge is 0.455 e. The average molecular weight is 359 g/mol. The van der Waals surface area contributed by atoms with Crippen molar-refractivity contribution in [2.45, 2.75) is 129 Å². The molecule has 0 aromatic rings. The molecule has 0 aromatic carbocycles. The Morgan fingerprint density at radius 2 is 0.826 bits per heavy atom. The van der Waals surface area contributed by atoms with Gasteiger partial charge in [0.25, 0.3) is 0 Å². The standard InChI is InChI=1S/C20H46OSi2/c1-7-9-11-12-13-14-15-16-17-18-20-23(5,6)21-22(3,4)19-10-8-2/h7-20H2,1-6H3. The number of hydrogen-bond donors (Lipinski definition) is 0. The first-order chi connectivity index (χ1) is 10.8. The summed E-state index contributed by atoms with van der Waals surface area (Å²) in [7, 11) is -2.81. The fourth-order valence-electron chi connectivity index (χ4n) is 3.49. The highest BCUT2D eigenvalue weighted by molar-refractivity contribution is 6.84. The van der Waals surface area contributed by atoms with Gasteiger partial charge >= 0.3 is 0 Å². The van der Waals surface area contributed by atoms with Gasteiger partial charge in [0.2, 0.25) is 0 Å². The maximum atomic E-state index is 6.69. The normalized spacial score (nSPS) is 12.8. The highest BCUT2D eigenvalue weighted by Crippen LogP contribution is 2.25. The van der Waals surface area contributed by atoms with Crippen molar-refractivity contribution in [3.05, 3.63) is 0 Å². The molecule has 0 rings (SSSR count). The Kier molecular flexibility index (Phi) is 13.9. The molecule has 0 saturated carbocycles. The summed E-state index contributed by atoms with van der Waals surface area (Å²) in [4.78, 5) is 0. The van der Waals surface area contributed by atoms with Gasteiger partial charge in [-0.2, -0.15) is 0 Å². The first-order valence-electron chi connectivity index (χ1n) is 10.5. The van der Waals surface area contributed by atoms with Crippen LogP contribution in [-0.2, 0) is 4.12 Å². The molecule has 0 spiro atoms. The van der Waals surface area contributed by atoms with Crippen molar-refractivity contribution < 1.29 is 4.12 Å². The number of unbranched alkanes of at least 4 members (excludes halogenated alkanes) is 10. The van der Waals surface area contributed by atoms with Gasteiger partial charge in [-0.25, -0.2) is 0 Å². The molecule has 0 heterocycles. The topological polar surface area (TPSA) is 9.23 Å². The van der Waals surface area contributed by atoms with E-state index in [9.17, 15) is 0 Å². The summed E-state index contributed by atoms with van der Waals surface area (Å²) in [5.41, 5.74) is 0. The summed E-state index contributed by atoms with van der Waals surface area (Å²) in [6.45, 7) is 14.3. The van der Waals surface area contributed by atoms with Crippen molar-refractivity contribution in [1.29, 1.82) is 0 Å². The van der Waals surface area contributed by atoms with E-state index in [2.05, 4.69) is 40.0 Å². The molecule has 0 atom stereocenters. The van der Waals surface area contributed by atoms with E-state index in [1.54, 1.807) is 0 Å². The van der Waals surface area contributed by atoms with Gasteiger partial charge in [-0.15, -0.1) is 0 Å². The summed E-state index contributed by atoms with van der Waals surface area (Å²) in [5.74, 6) is 0. The van der Waals surface area contributed by atoms with Crippen LogP contribution >= 0.6 is 0 Å². The second-order valence-corrected chi connectivity index (χ2v) is 17.5. The molecular weight excluding hydrogens is 312 g/mol. The fourth-order valence-corrected chi connectivity index (χ4v) is 12.6. The molecule has 0 saturated heterocycles. The molecule has 23 heavy (non-hydrogen) atoms. The third-order valence-corrected chi connectivity index (χ3v) is 12.4. The Morgan fingerprint density at radius 1 is 0.478 bits per heavy atom. The lowest BCUT2D eigenvalue weighted by molar-refractivity contribution is 0.521. The summed E-state index contributed by atoms with van der Waals surface area (Å²) in [6, 6.07) is 2.71. The maximum Gasteiger partial charge on any atom is 0.173 e. The van der Waals surface area contributed by atoms with Crippen LogP contribution in [0.1, 0.15) is 90.9 Å². The average Bonchev–Trinajstić information content (AvgIpc) is 2.46. The van der Waals surface area contributed by atoms with E-state index in [1.807, 2.05) is 0 Å². The first kappa shape index (κ1) is 23.4. The van der Waals surface area contributed by atoms with E-state index in [0.717, 1.165) is 0 Å². The van der Waals surface area contributed by atoms with E-state index in [0.29, 0.717) is 0 Å². The van der Waals surface area contributed by atoms with Gasteiger partial charge in [-0.05, 0) is 38.3 Å². The van der Waals surface area contributed by atoms with E-state index in [1.165, 1.54) is 89.1 Å². The minimum atomic E-state index is -1.42. The first-order valence-corrected chi connectivity index (χ1v) is 16.8. The van der Waals surface area contributed by atoms with Crippen molar-refractivity contribution in [3.8, 4) is 0 Å². The zero-order chi connectivity index (χ0) is 17.6. The molecule has 3 heteroatoms. The SMILES string of the molecule is CCCCCCCCCCCC[Si](C)(C)O[Si](C)(C)CCCC. The Bertz CT molecular complexity index is 264. The Hall–Kier alpha value is 0.394. The lowest BCUT2D eigenvalue weighted by atomic mass is 10.1. The third kappa shape index (κ3) is 15.7. The van der Waals surface area contributed by atoms with Crippen LogP contribution < -0.4 is 0 Å². The van der Waals surface area contributed by atoms with Crippen LogP contribution in [0.4, 0.5) is 0 Å². The van der Waals surface area contributed by atoms with E-state index in [-0.39, 0.29) is 0 Å². The van der Waals surface area contributed by atoms with Gasteiger partial charge in [-0.3, -0.25) is 0 Å². The number of rotatable bonds is 16. The predicted molar refractivity (Wildman–Crippen MR) is 112 cm³/mol. The van der Waals surface area contributed by atoms with Gasteiger partial charge < -0.3 is 4.12 Å². The second-order valence-electron chi connectivity index (χ2n) is 8.66. The van der Waals surface area contributed by atoms with Gasteiger partial charge in [-0.1, -0.05) is 90.9 Å². The van der Waals surface area contributed by atoms with Crippen LogP contribution in [0.15, 0.2) is 0 Å². The maximum absolute atomic E-state index is 6.69. The van der Waals surface area contributed by atoms with Gasteiger partial charge in [0.1, 0.15) is 0 Å². The molecule has 0 amide bonds. The van der Waals surface area contributed by atoms with Crippen LogP contribution in [0, 0.1) is 0 Å². The minimum Gasteiger partial charge on any atom is -0.455 e. The highest BCUT2D eigenvalue weighted by atomic mass is 28.4. The molecule has 0 aliphatic heterocycles. The summed E-state index contributed by atoms with van der Waals surface area (Å²) < 4.78 is 6.69. The van der Waals surface area contributed by atoms with Gasteiger partial charge in [0.15, 0.2) is 16.6 Å². The number of hydrogen-bond acceptors (Lipinski definition) is 1. The lowest BCUT2D eigenvalue weighted by Crippen LogP contribution is -2.44. The van der Waals surface area contributed by atoms with Crippen LogP contribution in [0.2, 0.25) is 38.3 Å². The van der Waals surface area contributed by atoms with Crippen molar-refractivity contribution in [3.63, 3.8) is 0 Å². The monoisotopic (exact) mass is 358 g/mol. The zero-order valence-corrected chi connectivity index (χ0v) is 19.3. The smallest absolute Gasteiger partial charge is 0.173 e. The lowest BCUT2D eigenvalue weighted by Gasteiger charge is -2.34. The predicted octanol–water partition coefficient (Wildman–Crippen LogP) is 8.13. The van der Waals surface area contributed by atoms with E-state index in [4.69, 9.17) is 4.12 Å². The fraction of sp³-hybridized carbons (Fsp3) is 1.00. The Balaban J connectivity index is 3.62. The van der Waals surface area contributed by atoms with Crippen LogP contribution in [0.3, 0.4) is 0 Å². The Morgan fingerprint density at radius 3 is 1.26 bits per heavy atom. The molecule has 0 radical (unpaired) electrons. The third-order valence-electron chi connectivity index (χ3n) is 4.82. The molecule has 0 unspecified atom stereocenters. The van der Waals surface area contributed by atoms with Crippen LogP contribution in [0.25, 0.3) is 0 Å². The summed E-state index contributed by atoms with van der Waals surface area (Å²) in [5, 5.41) is 0. The molecule has 0 bridgehead atoms.